The maximum Gasteiger partial charge on any atom is 0.280 e. The lowest BCUT2D eigenvalue weighted by Gasteiger charge is -2.07. The smallest absolute Gasteiger partial charge is 0.280 e. The van der Waals surface area contributed by atoms with Crippen LogP contribution in [0.15, 0.2) is 66.9 Å². The number of H-pyrrole nitrogens is 1. The number of hydrogen-bond donors (Lipinski definition) is 2. The molecule has 0 radical (unpaired) electrons. The van der Waals surface area contributed by atoms with Crippen molar-refractivity contribution in [2.75, 3.05) is 13.2 Å². The van der Waals surface area contributed by atoms with Crippen LogP contribution in [0.25, 0.3) is 33.7 Å². The van der Waals surface area contributed by atoms with Gasteiger partial charge in [-0.15, -0.1) is 0 Å². The van der Waals surface area contributed by atoms with Gasteiger partial charge >= 0.3 is 0 Å². The molecule has 36 heavy (non-hydrogen) atoms. The topological polar surface area (TPSA) is 103 Å². The van der Waals surface area contributed by atoms with Crippen LogP contribution in [0.4, 0.5) is 13.2 Å². The fourth-order valence-corrected chi connectivity index (χ4v) is 3.81. The summed E-state index contributed by atoms with van der Waals surface area (Å²) in [5, 5.41) is 0. The lowest BCUT2D eigenvalue weighted by Crippen LogP contribution is -2.11. The van der Waals surface area contributed by atoms with Gasteiger partial charge in [-0.05, 0) is 35.9 Å². The molecule has 0 saturated heterocycles. The highest BCUT2D eigenvalue weighted by atomic mass is 19.3. The number of nitrogens with zero attached hydrogens (tertiary/aromatic N) is 4. The van der Waals surface area contributed by atoms with E-state index in [0.29, 0.717) is 64.1 Å². The fraction of sp³-hybridized carbons (Fsp3) is 0.154. The molecule has 0 unspecified atom stereocenters. The van der Waals surface area contributed by atoms with Crippen molar-refractivity contribution < 1.29 is 17.9 Å². The lowest BCUT2D eigenvalue weighted by atomic mass is 10.1. The first-order valence-electron chi connectivity index (χ1n) is 11.2. The maximum absolute atomic E-state index is 14.3. The van der Waals surface area contributed by atoms with E-state index in [4.69, 9.17) is 15.5 Å². The molecule has 0 fully saturated rings. The molecule has 182 valence electrons. The second-order valence-electron chi connectivity index (χ2n) is 7.97. The van der Waals surface area contributed by atoms with Crippen molar-refractivity contribution in [1.29, 1.82) is 0 Å². The highest BCUT2D eigenvalue weighted by Crippen LogP contribution is 2.32. The Labute approximate surface area is 204 Å². The monoisotopic (exact) mass is 490 g/mol. The molecule has 7 nitrogen and oxygen atoms in total. The van der Waals surface area contributed by atoms with Gasteiger partial charge in [0.25, 0.3) is 6.43 Å². The Morgan fingerprint density at radius 3 is 2.61 bits per heavy atom. The second kappa shape index (κ2) is 10.1. The Kier molecular flexibility index (Phi) is 6.59. The first-order valence-corrected chi connectivity index (χ1v) is 11.2. The number of aromatic amines is 1. The average molecular weight is 490 g/mol. The van der Waals surface area contributed by atoms with Crippen molar-refractivity contribution in [3.63, 3.8) is 0 Å². The average Bonchev–Trinajstić information content (AvgIpc) is 3.32. The summed E-state index contributed by atoms with van der Waals surface area (Å²) in [4.78, 5) is 20.8. The summed E-state index contributed by atoms with van der Waals surface area (Å²) in [6.07, 6.45) is -1.03. The largest absolute Gasteiger partial charge is 0.475 e. The Balaban J connectivity index is 1.62. The third kappa shape index (κ3) is 4.89. The standard InChI is InChI=1S/C26H21F3N6O/c27-17-5-2-1-4-15(17)13-22-34-24(25(35-22)19-6-3-7-20(32-19)26(28)29)16-8-9-18-21(12-16)33-23(14-31-18)36-11-10-30/h1-9,12,14,26H,10-11,13,30H2,(H,34,35). The molecule has 0 bridgehead atoms. The summed E-state index contributed by atoms with van der Waals surface area (Å²) >= 11 is 0. The number of nitrogens with two attached hydrogens (primary N) is 1. The molecule has 0 atom stereocenters. The van der Waals surface area contributed by atoms with Crippen LogP contribution in [0, 0.1) is 5.82 Å². The van der Waals surface area contributed by atoms with E-state index in [1.54, 1.807) is 42.5 Å². The van der Waals surface area contributed by atoms with E-state index in [-0.39, 0.29) is 17.9 Å². The summed E-state index contributed by atoms with van der Waals surface area (Å²) in [6.45, 7) is 0.640. The van der Waals surface area contributed by atoms with Crippen molar-refractivity contribution in [3.05, 3.63) is 89.8 Å². The van der Waals surface area contributed by atoms with Crippen LogP contribution in [-0.4, -0.2) is 38.1 Å². The van der Waals surface area contributed by atoms with Gasteiger partial charge in [0.1, 0.15) is 23.9 Å². The minimum Gasteiger partial charge on any atom is -0.475 e. The minimum atomic E-state index is -2.72. The molecule has 10 heteroatoms. The van der Waals surface area contributed by atoms with E-state index in [9.17, 15) is 13.2 Å². The van der Waals surface area contributed by atoms with Gasteiger partial charge in [-0.1, -0.05) is 30.3 Å². The number of alkyl halides is 2. The number of aromatic nitrogens is 5. The number of imidazole rings is 1. The first-order chi connectivity index (χ1) is 17.5. The zero-order valence-corrected chi connectivity index (χ0v) is 19.0. The minimum absolute atomic E-state index is 0.179. The summed E-state index contributed by atoms with van der Waals surface area (Å²) < 4.78 is 46.5. The van der Waals surface area contributed by atoms with Gasteiger partial charge in [0.15, 0.2) is 0 Å². The molecule has 3 N–H and O–H groups in total. The number of hydrogen-bond acceptors (Lipinski definition) is 6. The van der Waals surface area contributed by atoms with Crippen molar-refractivity contribution in [2.24, 2.45) is 5.73 Å². The van der Waals surface area contributed by atoms with Gasteiger partial charge in [0, 0.05) is 18.5 Å². The predicted molar refractivity (Wildman–Crippen MR) is 129 cm³/mol. The molecule has 3 aromatic heterocycles. The highest BCUT2D eigenvalue weighted by Gasteiger charge is 2.19. The van der Waals surface area contributed by atoms with Crippen LogP contribution in [0.2, 0.25) is 0 Å². The Hall–Kier alpha value is -4.31. The van der Waals surface area contributed by atoms with Crippen LogP contribution < -0.4 is 10.5 Å². The molecule has 3 heterocycles. The number of benzene rings is 2. The molecule has 0 amide bonds. The molecule has 0 spiro atoms. The molecule has 0 aliphatic heterocycles. The van der Waals surface area contributed by atoms with E-state index < -0.39 is 6.43 Å². The Morgan fingerprint density at radius 2 is 1.81 bits per heavy atom. The number of fused-ring (bicyclic) bond motifs is 1. The molecule has 5 rings (SSSR count). The number of pyridine rings is 1. The zero-order valence-electron chi connectivity index (χ0n) is 19.0. The number of rotatable bonds is 8. The third-order valence-corrected chi connectivity index (χ3v) is 5.48. The van der Waals surface area contributed by atoms with Crippen LogP contribution >= 0.6 is 0 Å². The van der Waals surface area contributed by atoms with E-state index in [1.165, 1.54) is 24.4 Å². The zero-order chi connectivity index (χ0) is 25.1. The van der Waals surface area contributed by atoms with Gasteiger partial charge in [-0.3, -0.25) is 0 Å². The third-order valence-electron chi connectivity index (χ3n) is 5.48. The highest BCUT2D eigenvalue weighted by molar-refractivity contribution is 5.85. The van der Waals surface area contributed by atoms with E-state index in [1.807, 2.05) is 0 Å². The fourth-order valence-electron chi connectivity index (χ4n) is 3.81. The number of ether oxygens (including phenoxy) is 1. The van der Waals surface area contributed by atoms with Gasteiger partial charge in [0.05, 0.1) is 34.3 Å². The molecule has 5 aromatic rings. The summed E-state index contributed by atoms with van der Waals surface area (Å²) in [5.41, 5.74) is 8.64. The molecular formula is C26H21F3N6O. The molecule has 0 aliphatic carbocycles. The quantitative estimate of drug-likeness (QED) is 0.314. The predicted octanol–water partition coefficient (Wildman–Crippen LogP) is 5.09. The van der Waals surface area contributed by atoms with Crippen LogP contribution in [0.3, 0.4) is 0 Å². The molecule has 0 saturated carbocycles. The van der Waals surface area contributed by atoms with Crippen LogP contribution in [0.1, 0.15) is 23.5 Å². The normalized spacial score (nSPS) is 11.4. The Morgan fingerprint density at radius 1 is 0.944 bits per heavy atom. The molecule has 2 aromatic carbocycles. The number of nitrogens with one attached hydrogen (secondary N) is 1. The summed E-state index contributed by atoms with van der Waals surface area (Å²) in [7, 11) is 0. The SMILES string of the molecule is NCCOc1cnc2ccc(-c3nc(Cc4ccccc4F)[nH]c3-c3cccc(C(F)F)n3)cc2n1. The number of halogens is 3. The van der Waals surface area contributed by atoms with Gasteiger partial charge in [-0.2, -0.15) is 0 Å². The van der Waals surface area contributed by atoms with E-state index in [2.05, 4.69) is 19.9 Å². The summed E-state index contributed by atoms with van der Waals surface area (Å²) in [6, 6.07) is 16.2. The van der Waals surface area contributed by atoms with Gasteiger partial charge in [0.2, 0.25) is 5.88 Å². The van der Waals surface area contributed by atoms with Crippen LogP contribution in [0.5, 0.6) is 5.88 Å². The van der Waals surface area contributed by atoms with Crippen molar-refractivity contribution in [3.8, 4) is 28.5 Å². The Bertz CT molecular complexity index is 1520. The molecule has 0 aliphatic rings. The van der Waals surface area contributed by atoms with Crippen molar-refractivity contribution >= 4 is 11.0 Å². The molecular weight excluding hydrogens is 469 g/mol. The summed E-state index contributed by atoms with van der Waals surface area (Å²) in [5.74, 6) is 0.431. The van der Waals surface area contributed by atoms with Gasteiger partial charge in [-0.25, -0.2) is 33.1 Å². The van der Waals surface area contributed by atoms with Crippen LogP contribution in [-0.2, 0) is 6.42 Å². The first kappa shape index (κ1) is 23.4. The van der Waals surface area contributed by atoms with Gasteiger partial charge < -0.3 is 15.5 Å². The van der Waals surface area contributed by atoms with Crippen molar-refractivity contribution in [2.45, 2.75) is 12.8 Å². The van der Waals surface area contributed by atoms with Crippen molar-refractivity contribution in [1.82, 2.24) is 24.9 Å². The lowest BCUT2D eigenvalue weighted by molar-refractivity contribution is 0.146. The van der Waals surface area contributed by atoms with E-state index in [0.717, 1.165) is 0 Å². The second-order valence-corrected chi connectivity index (χ2v) is 7.97. The maximum atomic E-state index is 14.3. The van der Waals surface area contributed by atoms with E-state index >= 15 is 0 Å².